The molecule has 0 spiro atoms. The highest BCUT2D eigenvalue weighted by molar-refractivity contribution is 7.98. The molecule has 7 nitrogen and oxygen atoms in total. The highest BCUT2D eigenvalue weighted by Crippen LogP contribution is 2.30. The topological polar surface area (TPSA) is 92.8 Å². The molecule has 174 valence electrons. The second kappa shape index (κ2) is 10.5. The van der Waals surface area contributed by atoms with E-state index in [1.807, 2.05) is 6.26 Å². The van der Waals surface area contributed by atoms with E-state index < -0.39 is 29.9 Å². The van der Waals surface area contributed by atoms with Gasteiger partial charge in [0, 0.05) is 6.04 Å². The van der Waals surface area contributed by atoms with E-state index in [-0.39, 0.29) is 29.5 Å². The van der Waals surface area contributed by atoms with Crippen LogP contribution in [0.4, 0.5) is 0 Å². The van der Waals surface area contributed by atoms with Crippen molar-refractivity contribution in [2.45, 2.75) is 64.6 Å². The molecule has 0 radical (unpaired) electrons. The predicted molar refractivity (Wildman–Crippen MR) is 123 cm³/mol. The van der Waals surface area contributed by atoms with E-state index in [4.69, 9.17) is 4.74 Å². The molecule has 0 aromatic heterocycles. The first-order chi connectivity index (χ1) is 15.3. The van der Waals surface area contributed by atoms with Crippen LogP contribution in [0.15, 0.2) is 24.3 Å². The minimum atomic E-state index is -1.07. The zero-order chi connectivity index (χ0) is 23.4. The normalized spacial score (nSPS) is 24.6. The summed E-state index contributed by atoms with van der Waals surface area (Å²) in [6.45, 7) is 5.84. The lowest BCUT2D eigenvalue weighted by atomic mass is 9.78. The molecular formula is C24H32N2O5S. The molecule has 3 rings (SSSR count). The first-order valence-corrected chi connectivity index (χ1v) is 12.6. The highest BCUT2D eigenvalue weighted by atomic mass is 32.2. The minimum absolute atomic E-state index is 0.0518. The average molecular weight is 461 g/mol. The Morgan fingerprint density at radius 2 is 1.78 bits per heavy atom. The van der Waals surface area contributed by atoms with Gasteiger partial charge < -0.3 is 10.1 Å². The van der Waals surface area contributed by atoms with E-state index in [1.165, 1.54) is 18.7 Å². The molecule has 1 N–H and O–H groups in total. The highest BCUT2D eigenvalue weighted by Gasteiger charge is 2.43. The molecule has 32 heavy (non-hydrogen) atoms. The summed E-state index contributed by atoms with van der Waals surface area (Å²) in [5.74, 6) is -0.659. The lowest BCUT2D eigenvalue weighted by Gasteiger charge is -2.35. The van der Waals surface area contributed by atoms with Crippen LogP contribution in [0.5, 0.6) is 0 Å². The summed E-state index contributed by atoms with van der Waals surface area (Å²) < 4.78 is 5.48. The van der Waals surface area contributed by atoms with Gasteiger partial charge in [0.1, 0.15) is 6.04 Å². The van der Waals surface area contributed by atoms with Crippen molar-refractivity contribution in [2.75, 3.05) is 12.0 Å². The number of carbonyl (C=O) groups excluding carboxylic acids is 4. The van der Waals surface area contributed by atoms with Gasteiger partial charge in [-0.25, -0.2) is 4.79 Å². The number of benzene rings is 1. The summed E-state index contributed by atoms with van der Waals surface area (Å²) >= 11 is 1.51. The number of imide groups is 1. The summed E-state index contributed by atoms with van der Waals surface area (Å²) in [6, 6.07) is 5.50. The van der Waals surface area contributed by atoms with Crippen LogP contribution in [0.25, 0.3) is 0 Å². The fraction of sp³-hybridized carbons (Fsp3) is 0.583. The van der Waals surface area contributed by atoms with Crippen LogP contribution in [0.3, 0.4) is 0 Å². The molecule has 1 saturated carbocycles. The Balaban J connectivity index is 1.69. The first-order valence-electron chi connectivity index (χ1n) is 11.2. The minimum Gasteiger partial charge on any atom is -0.451 e. The van der Waals surface area contributed by atoms with Crippen molar-refractivity contribution in [3.05, 3.63) is 35.4 Å². The van der Waals surface area contributed by atoms with E-state index in [0.29, 0.717) is 17.6 Å². The molecule has 1 aliphatic heterocycles. The number of carbonyl (C=O) groups is 4. The Bertz CT molecular complexity index is 854. The SMILES string of the molecule is CSCC[C@H](C(=O)O[C@H](C)C(=O)N[C@@H]1CCC[C@H](C)[C@@H]1C)N1C(=O)c2ccccc2C1=O. The Hall–Kier alpha value is -2.35. The summed E-state index contributed by atoms with van der Waals surface area (Å²) in [6.07, 6.45) is 4.24. The smallest absolute Gasteiger partial charge is 0.330 e. The third kappa shape index (κ3) is 5.00. The number of hydrogen-bond donors (Lipinski definition) is 1. The molecule has 1 aromatic carbocycles. The van der Waals surface area contributed by atoms with Crippen LogP contribution in [-0.2, 0) is 14.3 Å². The van der Waals surface area contributed by atoms with Gasteiger partial charge in [-0.1, -0.05) is 38.8 Å². The maximum Gasteiger partial charge on any atom is 0.330 e. The number of nitrogens with one attached hydrogen (secondary N) is 1. The number of hydrogen-bond acceptors (Lipinski definition) is 6. The van der Waals surface area contributed by atoms with E-state index in [9.17, 15) is 19.2 Å². The van der Waals surface area contributed by atoms with Crippen molar-refractivity contribution < 1.29 is 23.9 Å². The third-order valence-electron chi connectivity index (χ3n) is 6.70. The Morgan fingerprint density at radius 1 is 1.16 bits per heavy atom. The quantitative estimate of drug-likeness (QED) is 0.473. The monoisotopic (exact) mass is 460 g/mol. The van der Waals surface area contributed by atoms with Gasteiger partial charge in [-0.2, -0.15) is 11.8 Å². The van der Waals surface area contributed by atoms with E-state index >= 15 is 0 Å². The second-order valence-corrected chi connectivity index (χ2v) is 9.77. The lowest BCUT2D eigenvalue weighted by Crippen LogP contribution is -2.50. The number of ether oxygens (including phenoxy) is 1. The van der Waals surface area contributed by atoms with Crippen molar-refractivity contribution in [3.63, 3.8) is 0 Å². The van der Waals surface area contributed by atoms with Crippen molar-refractivity contribution in [3.8, 4) is 0 Å². The number of nitrogens with zero attached hydrogens (tertiary/aromatic N) is 1. The van der Waals surface area contributed by atoms with Crippen molar-refractivity contribution in [2.24, 2.45) is 11.8 Å². The van der Waals surface area contributed by atoms with Crippen molar-refractivity contribution in [1.29, 1.82) is 0 Å². The summed E-state index contributed by atoms with van der Waals surface area (Å²) in [5.41, 5.74) is 0.566. The van der Waals surface area contributed by atoms with Crippen LogP contribution in [0.2, 0.25) is 0 Å². The number of rotatable bonds is 8. The molecule has 2 aliphatic rings. The van der Waals surface area contributed by atoms with Crippen LogP contribution in [0, 0.1) is 11.8 Å². The zero-order valence-corrected chi connectivity index (χ0v) is 19.9. The second-order valence-electron chi connectivity index (χ2n) is 8.78. The predicted octanol–water partition coefficient (Wildman–Crippen LogP) is 3.28. The molecule has 1 aliphatic carbocycles. The van der Waals surface area contributed by atoms with Gasteiger partial charge in [-0.3, -0.25) is 19.3 Å². The maximum absolute atomic E-state index is 13.0. The van der Waals surface area contributed by atoms with Gasteiger partial charge in [0.2, 0.25) is 0 Å². The molecule has 1 heterocycles. The van der Waals surface area contributed by atoms with E-state index in [2.05, 4.69) is 19.2 Å². The Labute approximate surface area is 193 Å². The van der Waals surface area contributed by atoms with Gasteiger partial charge in [-0.15, -0.1) is 0 Å². The molecule has 3 amide bonds. The fourth-order valence-electron chi connectivity index (χ4n) is 4.46. The van der Waals surface area contributed by atoms with Crippen molar-refractivity contribution >= 4 is 35.5 Å². The number of amides is 3. The Morgan fingerprint density at radius 3 is 2.38 bits per heavy atom. The Kier molecular flexibility index (Phi) is 7.98. The molecule has 1 fully saturated rings. The van der Waals surface area contributed by atoms with Gasteiger partial charge in [0.25, 0.3) is 17.7 Å². The number of fused-ring (bicyclic) bond motifs is 1. The summed E-state index contributed by atoms with van der Waals surface area (Å²) in [7, 11) is 0. The summed E-state index contributed by atoms with van der Waals surface area (Å²) in [4.78, 5) is 52.5. The average Bonchev–Trinajstić information content (AvgIpc) is 3.02. The van der Waals surface area contributed by atoms with E-state index in [1.54, 1.807) is 24.3 Å². The standard InChI is InChI=1S/C24H32N2O5S/c1-14-8-7-11-19(15(14)2)25-21(27)16(3)31-24(30)20(12-13-32-4)26-22(28)17-9-5-6-10-18(17)23(26)29/h5-6,9-10,14-16,19-20H,7-8,11-13H2,1-4H3,(H,25,27)/t14-,15-,16+,19+,20+/m0/s1. The molecule has 0 bridgehead atoms. The molecule has 5 atom stereocenters. The van der Waals surface area contributed by atoms with Gasteiger partial charge >= 0.3 is 5.97 Å². The first kappa shape index (κ1) is 24.3. The molecule has 0 unspecified atom stereocenters. The molecule has 1 aromatic rings. The van der Waals surface area contributed by atoms with Crippen molar-refractivity contribution in [1.82, 2.24) is 10.2 Å². The fourth-order valence-corrected chi connectivity index (χ4v) is 4.92. The molecular weight excluding hydrogens is 428 g/mol. The number of thioether (sulfide) groups is 1. The van der Waals surface area contributed by atoms with Gasteiger partial charge in [-0.05, 0) is 55.7 Å². The van der Waals surface area contributed by atoms with Gasteiger partial charge in [0.05, 0.1) is 11.1 Å². The third-order valence-corrected chi connectivity index (χ3v) is 7.35. The van der Waals surface area contributed by atoms with Gasteiger partial charge in [0.15, 0.2) is 6.10 Å². The number of esters is 1. The maximum atomic E-state index is 13.0. The molecule has 8 heteroatoms. The molecule has 0 saturated heterocycles. The lowest BCUT2D eigenvalue weighted by molar-refractivity contribution is -0.159. The van der Waals surface area contributed by atoms with Crippen LogP contribution < -0.4 is 5.32 Å². The van der Waals surface area contributed by atoms with Crippen LogP contribution >= 0.6 is 11.8 Å². The van der Waals surface area contributed by atoms with Crippen LogP contribution in [-0.4, -0.2) is 58.8 Å². The largest absolute Gasteiger partial charge is 0.451 e. The van der Waals surface area contributed by atoms with Crippen LogP contribution in [0.1, 0.15) is 67.2 Å². The summed E-state index contributed by atoms with van der Waals surface area (Å²) in [5, 5.41) is 3.02. The van der Waals surface area contributed by atoms with E-state index in [0.717, 1.165) is 24.2 Å². The zero-order valence-electron chi connectivity index (χ0n) is 19.1.